The molecule has 0 heterocycles. The summed E-state index contributed by atoms with van der Waals surface area (Å²) < 4.78 is 0. The SMILES string of the molecule is C=CCC1C=CC2=C(CCC=C2)C1=C. The zero-order valence-corrected chi connectivity index (χ0v) is 8.50. The standard InChI is InChI=1S/C14H16/c1-3-6-12-9-10-13-7-4-5-8-14(13)11(12)2/h3-4,7,9-10,12H,1-2,5-6,8H2. The topological polar surface area (TPSA) is 0 Å². The first-order valence-electron chi connectivity index (χ1n) is 5.21. The van der Waals surface area contributed by atoms with Crippen molar-refractivity contribution in [3.63, 3.8) is 0 Å². The molecule has 2 rings (SSSR count). The molecule has 1 atom stereocenters. The minimum absolute atomic E-state index is 0.484. The van der Waals surface area contributed by atoms with Crippen molar-refractivity contribution in [3.05, 3.63) is 60.3 Å². The average molecular weight is 184 g/mol. The van der Waals surface area contributed by atoms with Gasteiger partial charge in [-0.1, -0.05) is 37.0 Å². The van der Waals surface area contributed by atoms with Gasteiger partial charge in [0.25, 0.3) is 0 Å². The lowest BCUT2D eigenvalue weighted by Crippen LogP contribution is -2.09. The second-order valence-electron chi connectivity index (χ2n) is 3.89. The van der Waals surface area contributed by atoms with Crippen molar-refractivity contribution in [1.29, 1.82) is 0 Å². The highest BCUT2D eigenvalue weighted by molar-refractivity contribution is 5.52. The summed E-state index contributed by atoms with van der Waals surface area (Å²) >= 11 is 0. The molecule has 0 aromatic rings. The van der Waals surface area contributed by atoms with Gasteiger partial charge in [-0.25, -0.2) is 0 Å². The molecule has 0 aliphatic heterocycles. The van der Waals surface area contributed by atoms with Crippen LogP contribution in [0.5, 0.6) is 0 Å². The van der Waals surface area contributed by atoms with Crippen LogP contribution in [-0.4, -0.2) is 0 Å². The van der Waals surface area contributed by atoms with Gasteiger partial charge in [0.15, 0.2) is 0 Å². The van der Waals surface area contributed by atoms with E-state index in [2.05, 4.69) is 37.5 Å². The van der Waals surface area contributed by atoms with Crippen LogP contribution in [0, 0.1) is 5.92 Å². The van der Waals surface area contributed by atoms with Gasteiger partial charge < -0.3 is 0 Å². The third-order valence-electron chi connectivity index (χ3n) is 2.97. The molecule has 0 aromatic carbocycles. The van der Waals surface area contributed by atoms with Crippen molar-refractivity contribution in [2.45, 2.75) is 19.3 Å². The Labute approximate surface area is 86.0 Å². The predicted octanol–water partition coefficient (Wildman–Crippen LogP) is 3.95. The largest absolute Gasteiger partial charge is 0.103 e. The van der Waals surface area contributed by atoms with E-state index in [9.17, 15) is 0 Å². The number of rotatable bonds is 2. The highest BCUT2D eigenvalue weighted by Crippen LogP contribution is 2.35. The van der Waals surface area contributed by atoms with Crippen molar-refractivity contribution in [1.82, 2.24) is 0 Å². The molecular formula is C14H16. The van der Waals surface area contributed by atoms with Crippen molar-refractivity contribution < 1.29 is 0 Å². The van der Waals surface area contributed by atoms with Crippen LogP contribution in [0.1, 0.15) is 19.3 Å². The quantitative estimate of drug-likeness (QED) is 0.570. The third kappa shape index (κ3) is 1.52. The lowest BCUT2D eigenvalue weighted by molar-refractivity contribution is 0.753. The molecule has 14 heavy (non-hydrogen) atoms. The molecule has 0 saturated carbocycles. The third-order valence-corrected chi connectivity index (χ3v) is 2.97. The zero-order chi connectivity index (χ0) is 9.97. The van der Waals surface area contributed by atoms with Crippen molar-refractivity contribution in [2.75, 3.05) is 0 Å². The summed E-state index contributed by atoms with van der Waals surface area (Å²) in [5.41, 5.74) is 4.12. The fourth-order valence-corrected chi connectivity index (χ4v) is 2.15. The Kier molecular flexibility index (Phi) is 2.53. The molecule has 0 radical (unpaired) electrons. The lowest BCUT2D eigenvalue weighted by Gasteiger charge is -2.25. The van der Waals surface area contributed by atoms with Crippen molar-refractivity contribution in [2.24, 2.45) is 5.92 Å². The van der Waals surface area contributed by atoms with E-state index in [1.54, 1.807) is 0 Å². The summed E-state index contributed by atoms with van der Waals surface area (Å²) in [6.45, 7) is 8.00. The number of allylic oxidation sites excluding steroid dienone is 8. The maximum Gasteiger partial charge on any atom is 0.00527 e. The molecule has 72 valence electrons. The first-order valence-corrected chi connectivity index (χ1v) is 5.21. The minimum Gasteiger partial charge on any atom is -0.103 e. The van der Waals surface area contributed by atoms with E-state index in [1.807, 2.05) is 6.08 Å². The summed E-state index contributed by atoms with van der Waals surface area (Å²) in [5.74, 6) is 0.484. The van der Waals surface area contributed by atoms with Gasteiger partial charge >= 0.3 is 0 Å². The Morgan fingerprint density at radius 1 is 1.43 bits per heavy atom. The van der Waals surface area contributed by atoms with Crippen molar-refractivity contribution >= 4 is 0 Å². The van der Waals surface area contributed by atoms with Gasteiger partial charge in [-0.2, -0.15) is 0 Å². The Balaban J connectivity index is 2.27. The maximum atomic E-state index is 4.21. The molecule has 0 bridgehead atoms. The minimum atomic E-state index is 0.484. The Hall–Kier alpha value is -1.30. The van der Waals surface area contributed by atoms with E-state index in [0.717, 1.165) is 19.3 Å². The van der Waals surface area contributed by atoms with Crippen LogP contribution in [0.3, 0.4) is 0 Å². The maximum absolute atomic E-state index is 4.21. The fourth-order valence-electron chi connectivity index (χ4n) is 2.15. The van der Waals surface area contributed by atoms with Crippen LogP contribution in [0.2, 0.25) is 0 Å². The van der Waals surface area contributed by atoms with E-state index in [0.29, 0.717) is 5.92 Å². The van der Waals surface area contributed by atoms with Gasteiger partial charge in [0, 0.05) is 5.92 Å². The van der Waals surface area contributed by atoms with E-state index in [4.69, 9.17) is 0 Å². The first-order chi connectivity index (χ1) is 6.83. The molecule has 2 aliphatic rings. The summed E-state index contributed by atoms with van der Waals surface area (Å²) in [6.07, 6.45) is 14.2. The molecular weight excluding hydrogens is 168 g/mol. The van der Waals surface area contributed by atoms with Gasteiger partial charge in [0.2, 0.25) is 0 Å². The molecule has 0 amide bonds. The first kappa shape index (κ1) is 9.26. The summed E-state index contributed by atoms with van der Waals surface area (Å²) in [7, 11) is 0. The van der Waals surface area contributed by atoms with Gasteiger partial charge in [0.1, 0.15) is 0 Å². The van der Waals surface area contributed by atoms with Crippen LogP contribution in [0.15, 0.2) is 60.3 Å². The highest BCUT2D eigenvalue weighted by Gasteiger charge is 2.19. The number of hydrogen-bond acceptors (Lipinski definition) is 0. The van der Waals surface area contributed by atoms with Crippen LogP contribution >= 0.6 is 0 Å². The van der Waals surface area contributed by atoms with Gasteiger partial charge in [-0.15, -0.1) is 6.58 Å². The molecule has 0 N–H and O–H groups in total. The smallest absolute Gasteiger partial charge is 0.00527 e. The van der Waals surface area contributed by atoms with Crippen LogP contribution < -0.4 is 0 Å². The Bertz CT molecular complexity index is 350. The summed E-state index contributed by atoms with van der Waals surface area (Å²) in [4.78, 5) is 0. The molecule has 0 spiro atoms. The Morgan fingerprint density at radius 3 is 3.07 bits per heavy atom. The summed E-state index contributed by atoms with van der Waals surface area (Å²) in [5, 5.41) is 0. The number of hydrogen-bond donors (Lipinski definition) is 0. The predicted molar refractivity (Wildman–Crippen MR) is 62.0 cm³/mol. The van der Waals surface area contributed by atoms with Crippen molar-refractivity contribution in [3.8, 4) is 0 Å². The van der Waals surface area contributed by atoms with E-state index in [-0.39, 0.29) is 0 Å². The molecule has 0 aromatic heterocycles. The summed E-state index contributed by atoms with van der Waals surface area (Å²) in [6, 6.07) is 0. The zero-order valence-electron chi connectivity index (χ0n) is 8.50. The van der Waals surface area contributed by atoms with Crippen LogP contribution in [0.4, 0.5) is 0 Å². The molecule has 0 nitrogen and oxygen atoms in total. The second kappa shape index (κ2) is 3.83. The molecule has 0 heteroatoms. The highest BCUT2D eigenvalue weighted by atomic mass is 14.2. The monoisotopic (exact) mass is 184 g/mol. The molecule has 0 saturated heterocycles. The van der Waals surface area contributed by atoms with Gasteiger partial charge in [-0.05, 0) is 36.0 Å². The van der Waals surface area contributed by atoms with Crippen LogP contribution in [0.25, 0.3) is 0 Å². The van der Waals surface area contributed by atoms with E-state index in [1.165, 1.54) is 16.7 Å². The van der Waals surface area contributed by atoms with Crippen LogP contribution in [-0.2, 0) is 0 Å². The molecule has 0 fully saturated rings. The average Bonchev–Trinajstić information content (AvgIpc) is 2.23. The lowest BCUT2D eigenvalue weighted by atomic mass is 9.80. The molecule has 2 aliphatic carbocycles. The fraction of sp³-hybridized carbons (Fsp3) is 0.286. The van der Waals surface area contributed by atoms with Gasteiger partial charge in [0.05, 0.1) is 0 Å². The molecule has 1 unspecified atom stereocenters. The van der Waals surface area contributed by atoms with E-state index < -0.39 is 0 Å². The van der Waals surface area contributed by atoms with E-state index >= 15 is 0 Å². The Morgan fingerprint density at radius 2 is 2.29 bits per heavy atom. The normalized spacial score (nSPS) is 25.1. The van der Waals surface area contributed by atoms with Gasteiger partial charge in [-0.3, -0.25) is 0 Å². The second-order valence-corrected chi connectivity index (χ2v) is 3.89.